The van der Waals surface area contributed by atoms with Crippen molar-refractivity contribution in [2.75, 3.05) is 45.9 Å². The minimum absolute atomic E-state index is 0.154. The van der Waals surface area contributed by atoms with Crippen LogP contribution in [-0.4, -0.2) is 66.9 Å². The van der Waals surface area contributed by atoms with Crippen molar-refractivity contribution in [1.82, 2.24) is 9.80 Å². The number of hydrogen-bond donors (Lipinski definition) is 1. The van der Waals surface area contributed by atoms with Crippen LogP contribution >= 0.6 is 0 Å². The van der Waals surface area contributed by atoms with Crippen molar-refractivity contribution >= 4 is 0 Å². The molecule has 4 heteroatoms. The van der Waals surface area contributed by atoms with E-state index in [4.69, 9.17) is 4.74 Å². The first-order valence-electron chi connectivity index (χ1n) is 13.7. The van der Waals surface area contributed by atoms with Crippen LogP contribution in [0.3, 0.4) is 0 Å². The molecule has 1 fully saturated rings. The Morgan fingerprint density at radius 2 is 0.974 bits per heavy atom. The highest BCUT2D eigenvalue weighted by molar-refractivity contribution is 5.33. The molecule has 0 saturated carbocycles. The van der Waals surface area contributed by atoms with Gasteiger partial charge in [0.05, 0.1) is 25.4 Å². The first kappa shape index (κ1) is 26.3. The van der Waals surface area contributed by atoms with E-state index in [1.807, 2.05) is 12.1 Å². The van der Waals surface area contributed by atoms with Gasteiger partial charge in [-0.2, -0.15) is 0 Å². The number of nitrogens with zero attached hydrogens (tertiary/aromatic N) is 2. The molecule has 1 atom stereocenters. The molecule has 0 radical (unpaired) electrons. The third-order valence-corrected chi connectivity index (χ3v) is 7.47. The van der Waals surface area contributed by atoms with E-state index in [9.17, 15) is 5.11 Å². The van der Waals surface area contributed by atoms with Crippen molar-refractivity contribution < 1.29 is 9.84 Å². The van der Waals surface area contributed by atoms with Gasteiger partial charge in [-0.3, -0.25) is 9.80 Å². The summed E-state index contributed by atoms with van der Waals surface area (Å²) in [5.74, 6) is 0.154. The van der Waals surface area contributed by atoms with Crippen LogP contribution in [0.5, 0.6) is 0 Å². The number of aliphatic hydroxyl groups excluding tert-OH is 1. The summed E-state index contributed by atoms with van der Waals surface area (Å²) in [5, 5.41) is 10.8. The van der Waals surface area contributed by atoms with E-state index in [1.165, 1.54) is 22.3 Å². The lowest BCUT2D eigenvalue weighted by Gasteiger charge is -2.40. The zero-order valence-corrected chi connectivity index (χ0v) is 22.0. The first-order chi connectivity index (χ1) is 18.8. The van der Waals surface area contributed by atoms with E-state index in [-0.39, 0.29) is 12.0 Å². The van der Waals surface area contributed by atoms with Crippen molar-refractivity contribution in [1.29, 1.82) is 0 Å². The Balaban J connectivity index is 1.13. The molecular weight excluding hydrogens is 468 g/mol. The molecule has 196 valence electrons. The van der Waals surface area contributed by atoms with Gasteiger partial charge in [-0.15, -0.1) is 0 Å². The fraction of sp³-hybridized carbons (Fsp3) is 0.294. The van der Waals surface area contributed by atoms with Crippen molar-refractivity contribution in [3.8, 4) is 0 Å². The molecule has 4 nitrogen and oxygen atoms in total. The summed E-state index contributed by atoms with van der Waals surface area (Å²) in [7, 11) is 0. The highest BCUT2D eigenvalue weighted by Crippen LogP contribution is 2.29. The number of piperazine rings is 1. The summed E-state index contributed by atoms with van der Waals surface area (Å²) in [4.78, 5) is 4.93. The van der Waals surface area contributed by atoms with Gasteiger partial charge < -0.3 is 9.84 Å². The first-order valence-corrected chi connectivity index (χ1v) is 13.7. The standard InChI is InChI=1S/C34H38N2O2/c37-32(26-38-27-33(28-13-5-1-6-14-28)29-15-7-2-8-16-29)25-35-21-23-36(24-22-35)34(30-17-9-3-10-18-30)31-19-11-4-12-20-31/h1-20,32-34,37H,21-27H2/t32-/m1/s1. The van der Waals surface area contributed by atoms with Gasteiger partial charge in [-0.1, -0.05) is 121 Å². The second-order valence-electron chi connectivity index (χ2n) is 10.1. The molecule has 4 aromatic carbocycles. The lowest BCUT2D eigenvalue weighted by atomic mass is 9.92. The highest BCUT2D eigenvalue weighted by Gasteiger charge is 2.27. The monoisotopic (exact) mass is 506 g/mol. The van der Waals surface area contributed by atoms with Crippen LogP contribution in [0.15, 0.2) is 121 Å². The van der Waals surface area contributed by atoms with Crippen molar-refractivity contribution in [3.05, 3.63) is 144 Å². The van der Waals surface area contributed by atoms with E-state index in [2.05, 4.69) is 119 Å². The Hall–Kier alpha value is -3.28. The van der Waals surface area contributed by atoms with Gasteiger partial charge in [0.15, 0.2) is 0 Å². The molecule has 1 heterocycles. The Morgan fingerprint density at radius 3 is 1.42 bits per heavy atom. The Bertz CT molecular complexity index is 1120. The molecule has 0 aliphatic carbocycles. The zero-order chi connectivity index (χ0) is 26.0. The van der Waals surface area contributed by atoms with Crippen LogP contribution in [0, 0.1) is 0 Å². The fourth-order valence-electron chi connectivity index (χ4n) is 5.52. The second-order valence-corrected chi connectivity index (χ2v) is 10.1. The normalized spacial score (nSPS) is 15.7. The molecule has 0 bridgehead atoms. The molecule has 1 aliphatic rings. The van der Waals surface area contributed by atoms with Gasteiger partial charge in [0.1, 0.15) is 0 Å². The molecule has 1 aliphatic heterocycles. The average molecular weight is 507 g/mol. The third kappa shape index (κ3) is 6.97. The van der Waals surface area contributed by atoms with Gasteiger partial charge in [0, 0.05) is 38.6 Å². The number of ether oxygens (including phenoxy) is 1. The summed E-state index contributed by atoms with van der Waals surface area (Å²) >= 11 is 0. The smallest absolute Gasteiger partial charge is 0.0900 e. The number of aliphatic hydroxyl groups is 1. The average Bonchev–Trinajstić information content (AvgIpc) is 2.98. The molecule has 38 heavy (non-hydrogen) atoms. The molecule has 0 spiro atoms. The summed E-state index contributed by atoms with van der Waals surface area (Å²) in [5.41, 5.74) is 5.12. The van der Waals surface area contributed by atoms with Gasteiger partial charge in [-0.05, 0) is 22.3 Å². The van der Waals surface area contributed by atoms with Gasteiger partial charge in [0.2, 0.25) is 0 Å². The van der Waals surface area contributed by atoms with Crippen molar-refractivity contribution in [2.45, 2.75) is 18.1 Å². The molecule has 0 unspecified atom stereocenters. The minimum atomic E-state index is -0.507. The van der Waals surface area contributed by atoms with E-state index in [1.54, 1.807) is 0 Å². The van der Waals surface area contributed by atoms with Crippen LogP contribution in [0.2, 0.25) is 0 Å². The maximum absolute atomic E-state index is 10.8. The molecule has 1 N–H and O–H groups in total. The van der Waals surface area contributed by atoms with Crippen LogP contribution in [0.25, 0.3) is 0 Å². The number of rotatable bonds is 11. The summed E-state index contributed by atoms with van der Waals surface area (Å²) in [6.45, 7) is 5.32. The van der Waals surface area contributed by atoms with Gasteiger partial charge in [-0.25, -0.2) is 0 Å². The number of hydrogen-bond acceptors (Lipinski definition) is 4. The van der Waals surface area contributed by atoms with E-state index < -0.39 is 6.10 Å². The predicted molar refractivity (Wildman–Crippen MR) is 154 cm³/mol. The quantitative estimate of drug-likeness (QED) is 0.287. The highest BCUT2D eigenvalue weighted by atomic mass is 16.5. The number of β-amino-alcohol motifs (C(OH)–C–C–N with tert-alkyl or cyclic N) is 1. The van der Waals surface area contributed by atoms with Crippen molar-refractivity contribution in [3.63, 3.8) is 0 Å². The summed E-state index contributed by atoms with van der Waals surface area (Å²) in [6, 6.07) is 42.7. The van der Waals surface area contributed by atoms with E-state index in [0.717, 1.165) is 26.2 Å². The minimum Gasteiger partial charge on any atom is -0.389 e. The van der Waals surface area contributed by atoms with E-state index >= 15 is 0 Å². The molecule has 4 aromatic rings. The topological polar surface area (TPSA) is 35.9 Å². The van der Waals surface area contributed by atoms with Crippen molar-refractivity contribution in [2.24, 2.45) is 0 Å². The largest absolute Gasteiger partial charge is 0.389 e. The van der Waals surface area contributed by atoms with Gasteiger partial charge in [0.25, 0.3) is 0 Å². The van der Waals surface area contributed by atoms with Crippen LogP contribution in [0.4, 0.5) is 0 Å². The third-order valence-electron chi connectivity index (χ3n) is 7.47. The van der Waals surface area contributed by atoms with Crippen LogP contribution in [-0.2, 0) is 4.74 Å². The molecule has 0 aromatic heterocycles. The SMILES string of the molecule is O[C@@H](COCC(c1ccccc1)c1ccccc1)CN1CCN(C(c2ccccc2)c2ccccc2)CC1. The summed E-state index contributed by atoms with van der Waals surface area (Å²) < 4.78 is 6.10. The maximum Gasteiger partial charge on any atom is 0.0900 e. The molecule has 0 amide bonds. The lowest BCUT2D eigenvalue weighted by molar-refractivity contribution is 0.00297. The molecule has 5 rings (SSSR count). The van der Waals surface area contributed by atoms with E-state index in [0.29, 0.717) is 19.8 Å². The van der Waals surface area contributed by atoms with Gasteiger partial charge >= 0.3 is 0 Å². The summed E-state index contributed by atoms with van der Waals surface area (Å²) in [6.07, 6.45) is -0.507. The molecular formula is C34H38N2O2. The zero-order valence-electron chi connectivity index (χ0n) is 22.0. The lowest BCUT2D eigenvalue weighted by Crippen LogP contribution is -2.50. The Labute approximate surface area is 227 Å². The maximum atomic E-state index is 10.8. The molecule has 1 saturated heterocycles. The van der Waals surface area contributed by atoms with Crippen LogP contribution < -0.4 is 0 Å². The number of benzene rings is 4. The Morgan fingerprint density at radius 1 is 0.553 bits per heavy atom. The predicted octanol–water partition coefficient (Wildman–Crippen LogP) is 5.60. The Kier molecular flexibility index (Phi) is 9.35. The fourth-order valence-corrected chi connectivity index (χ4v) is 5.52. The van der Waals surface area contributed by atoms with Crippen LogP contribution in [0.1, 0.15) is 34.2 Å². The second kappa shape index (κ2) is 13.5.